The third kappa shape index (κ3) is 2.01. The maximum Gasteiger partial charge on any atom is 0.131 e. The van der Waals surface area contributed by atoms with Crippen LogP contribution < -0.4 is 10.6 Å². The second-order valence-corrected chi connectivity index (χ2v) is 5.60. The molecule has 0 aliphatic carbocycles. The smallest absolute Gasteiger partial charge is 0.131 e. The quantitative estimate of drug-likeness (QED) is 0.865. The standard InChI is InChI=1S/C12H15N5S/c1-16(2)8-3-4-17(7-8)12-9(5-13)11(15)10(6-14)18-12/h8H,3-4,7,15H2,1-2H3. The van der Waals surface area contributed by atoms with Crippen LogP contribution in [-0.2, 0) is 0 Å². The minimum atomic E-state index is 0.327. The minimum Gasteiger partial charge on any atom is -0.396 e. The summed E-state index contributed by atoms with van der Waals surface area (Å²) in [7, 11) is 4.12. The van der Waals surface area contributed by atoms with E-state index in [4.69, 9.17) is 11.0 Å². The molecule has 1 aromatic heterocycles. The van der Waals surface area contributed by atoms with Gasteiger partial charge in [0.15, 0.2) is 0 Å². The van der Waals surface area contributed by atoms with Crippen LogP contribution in [0.2, 0.25) is 0 Å². The second-order valence-electron chi connectivity index (χ2n) is 4.60. The first-order valence-electron chi connectivity index (χ1n) is 5.72. The fourth-order valence-corrected chi connectivity index (χ4v) is 3.20. The van der Waals surface area contributed by atoms with Crippen LogP contribution in [0, 0.1) is 22.7 Å². The molecule has 1 fully saturated rings. The van der Waals surface area contributed by atoms with E-state index in [0.29, 0.717) is 22.2 Å². The number of likely N-dealkylation sites (N-methyl/N-ethyl adjacent to an activating group) is 1. The van der Waals surface area contributed by atoms with E-state index >= 15 is 0 Å². The Balaban J connectivity index is 2.31. The highest BCUT2D eigenvalue weighted by Crippen LogP contribution is 2.38. The Morgan fingerprint density at radius 2 is 2.11 bits per heavy atom. The summed E-state index contributed by atoms with van der Waals surface area (Å²) < 4.78 is 0. The van der Waals surface area contributed by atoms with Gasteiger partial charge in [-0.2, -0.15) is 10.5 Å². The first kappa shape index (κ1) is 12.7. The van der Waals surface area contributed by atoms with Crippen molar-refractivity contribution in [3.05, 3.63) is 10.4 Å². The maximum atomic E-state index is 9.17. The molecule has 1 saturated heterocycles. The monoisotopic (exact) mass is 261 g/mol. The van der Waals surface area contributed by atoms with E-state index in [1.807, 2.05) is 0 Å². The molecule has 0 aromatic carbocycles. The van der Waals surface area contributed by atoms with Crippen molar-refractivity contribution in [2.45, 2.75) is 12.5 Å². The van der Waals surface area contributed by atoms with Crippen LogP contribution in [-0.4, -0.2) is 38.1 Å². The van der Waals surface area contributed by atoms with Crippen molar-refractivity contribution in [3.63, 3.8) is 0 Å². The zero-order chi connectivity index (χ0) is 13.3. The Morgan fingerprint density at radius 3 is 2.61 bits per heavy atom. The third-order valence-electron chi connectivity index (χ3n) is 3.32. The van der Waals surface area contributed by atoms with Crippen molar-refractivity contribution >= 4 is 22.0 Å². The van der Waals surface area contributed by atoms with E-state index in [2.05, 4.69) is 36.0 Å². The highest BCUT2D eigenvalue weighted by molar-refractivity contribution is 7.17. The van der Waals surface area contributed by atoms with E-state index in [9.17, 15) is 5.26 Å². The molecule has 1 unspecified atom stereocenters. The molecule has 1 aliphatic rings. The Hall–Kier alpha value is -1.76. The summed E-state index contributed by atoms with van der Waals surface area (Å²) in [4.78, 5) is 4.79. The molecule has 5 nitrogen and oxygen atoms in total. The van der Waals surface area contributed by atoms with Gasteiger partial charge in [0.25, 0.3) is 0 Å². The summed E-state index contributed by atoms with van der Waals surface area (Å²) in [6, 6.07) is 4.66. The predicted octanol–water partition coefficient (Wildman–Crippen LogP) is 1.21. The first-order valence-corrected chi connectivity index (χ1v) is 6.54. The summed E-state index contributed by atoms with van der Waals surface area (Å²) in [5.41, 5.74) is 6.60. The molecule has 0 amide bonds. The number of nitrogens with two attached hydrogens (primary N) is 1. The summed E-state index contributed by atoms with van der Waals surface area (Å²) >= 11 is 1.32. The summed E-state index contributed by atoms with van der Waals surface area (Å²) in [6.45, 7) is 1.79. The lowest BCUT2D eigenvalue weighted by Crippen LogP contribution is -2.31. The largest absolute Gasteiger partial charge is 0.396 e. The van der Waals surface area contributed by atoms with Crippen LogP contribution in [0.1, 0.15) is 16.9 Å². The Morgan fingerprint density at radius 1 is 1.39 bits per heavy atom. The molecule has 2 rings (SSSR count). The topological polar surface area (TPSA) is 80.1 Å². The molecule has 1 atom stereocenters. The molecular formula is C12H15N5S. The SMILES string of the molecule is CN(C)C1CCN(c2sc(C#N)c(N)c2C#N)C1. The van der Waals surface area contributed by atoms with Gasteiger partial charge in [-0.25, -0.2) is 0 Å². The van der Waals surface area contributed by atoms with Gasteiger partial charge in [0.2, 0.25) is 0 Å². The van der Waals surface area contributed by atoms with Gasteiger partial charge in [-0.05, 0) is 20.5 Å². The van der Waals surface area contributed by atoms with Crippen LogP contribution in [0.5, 0.6) is 0 Å². The average molecular weight is 261 g/mol. The van der Waals surface area contributed by atoms with E-state index in [0.717, 1.165) is 24.5 Å². The van der Waals surface area contributed by atoms with Crippen molar-refractivity contribution in [1.82, 2.24) is 4.90 Å². The lowest BCUT2D eigenvalue weighted by molar-refractivity contribution is 0.315. The van der Waals surface area contributed by atoms with Crippen molar-refractivity contribution in [2.75, 3.05) is 37.8 Å². The number of nitriles is 2. The van der Waals surface area contributed by atoms with Crippen molar-refractivity contribution in [3.8, 4) is 12.1 Å². The van der Waals surface area contributed by atoms with Gasteiger partial charge >= 0.3 is 0 Å². The van der Waals surface area contributed by atoms with Gasteiger partial charge < -0.3 is 15.5 Å². The van der Waals surface area contributed by atoms with E-state index in [1.54, 1.807) is 0 Å². The summed E-state index contributed by atoms with van der Waals surface area (Å²) in [5.74, 6) is 0. The molecule has 0 radical (unpaired) electrons. The Kier molecular flexibility index (Phi) is 3.42. The molecule has 2 heterocycles. The maximum absolute atomic E-state index is 9.17. The molecule has 1 aromatic rings. The Labute approximate surface area is 111 Å². The zero-order valence-corrected chi connectivity index (χ0v) is 11.3. The van der Waals surface area contributed by atoms with Gasteiger partial charge in [0.05, 0.1) is 5.69 Å². The van der Waals surface area contributed by atoms with E-state index in [-0.39, 0.29) is 0 Å². The minimum absolute atomic E-state index is 0.327. The van der Waals surface area contributed by atoms with E-state index < -0.39 is 0 Å². The van der Waals surface area contributed by atoms with Crippen molar-refractivity contribution in [1.29, 1.82) is 10.5 Å². The summed E-state index contributed by atoms with van der Waals surface area (Å²) in [6.07, 6.45) is 1.07. The lowest BCUT2D eigenvalue weighted by Gasteiger charge is -2.20. The number of nitrogen functional groups attached to an aromatic ring is 1. The molecule has 94 valence electrons. The number of hydrogen-bond acceptors (Lipinski definition) is 6. The zero-order valence-electron chi connectivity index (χ0n) is 10.5. The van der Waals surface area contributed by atoms with Crippen LogP contribution in [0.4, 0.5) is 10.7 Å². The van der Waals surface area contributed by atoms with Gasteiger partial charge in [0, 0.05) is 19.1 Å². The number of anilines is 2. The molecule has 1 aliphatic heterocycles. The van der Waals surface area contributed by atoms with Crippen LogP contribution >= 0.6 is 11.3 Å². The molecular weight excluding hydrogens is 246 g/mol. The molecule has 0 bridgehead atoms. The number of rotatable bonds is 2. The highest BCUT2D eigenvalue weighted by Gasteiger charge is 2.28. The molecule has 0 spiro atoms. The third-order valence-corrected chi connectivity index (χ3v) is 4.49. The predicted molar refractivity (Wildman–Crippen MR) is 72.5 cm³/mol. The molecule has 18 heavy (non-hydrogen) atoms. The van der Waals surface area contributed by atoms with Gasteiger partial charge in [-0.1, -0.05) is 0 Å². The second kappa shape index (κ2) is 4.85. The fourth-order valence-electron chi connectivity index (χ4n) is 2.19. The average Bonchev–Trinajstić information content (AvgIpc) is 2.93. The van der Waals surface area contributed by atoms with Crippen LogP contribution in [0.15, 0.2) is 0 Å². The molecule has 6 heteroatoms. The fraction of sp³-hybridized carbons (Fsp3) is 0.500. The van der Waals surface area contributed by atoms with Crippen molar-refractivity contribution < 1.29 is 0 Å². The Bertz CT molecular complexity index is 534. The number of hydrogen-bond donors (Lipinski definition) is 1. The van der Waals surface area contributed by atoms with Gasteiger partial charge in [-0.3, -0.25) is 0 Å². The van der Waals surface area contributed by atoms with Gasteiger partial charge in [0.1, 0.15) is 27.6 Å². The van der Waals surface area contributed by atoms with Gasteiger partial charge in [-0.15, -0.1) is 11.3 Å². The first-order chi connectivity index (χ1) is 8.58. The number of nitrogens with zero attached hydrogens (tertiary/aromatic N) is 4. The van der Waals surface area contributed by atoms with Crippen LogP contribution in [0.3, 0.4) is 0 Å². The van der Waals surface area contributed by atoms with E-state index in [1.165, 1.54) is 11.3 Å². The van der Waals surface area contributed by atoms with Crippen molar-refractivity contribution in [2.24, 2.45) is 0 Å². The van der Waals surface area contributed by atoms with Crippen LogP contribution in [0.25, 0.3) is 0 Å². The molecule has 0 saturated carbocycles. The number of thiophene rings is 1. The lowest BCUT2D eigenvalue weighted by atomic mass is 10.2. The summed E-state index contributed by atoms with van der Waals surface area (Å²) in [5, 5.41) is 19.0. The normalized spacial score (nSPS) is 18.9. The highest BCUT2D eigenvalue weighted by atomic mass is 32.1. The molecule has 2 N–H and O–H groups in total.